The lowest BCUT2D eigenvalue weighted by Gasteiger charge is -2.26. The average Bonchev–Trinajstić information content (AvgIpc) is 2.54. The summed E-state index contributed by atoms with van der Waals surface area (Å²) in [5, 5.41) is 2.65. The molecular weight excluding hydrogens is 371 g/mol. The second-order valence-electron chi connectivity index (χ2n) is 6.47. The van der Waals surface area contributed by atoms with Crippen LogP contribution in [0.3, 0.4) is 0 Å². The number of hydrogen-bond acceptors (Lipinski definition) is 4. The van der Waals surface area contributed by atoms with Crippen molar-refractivity contribution in [2.45, 2.75) is 44.3 Å². The van der Waals surface area contributed by atoms with Crippen molar-refractivity contribution < 1.29 is 26.4 Å². The number of halogens is 3. The Morgan fingerprint density at radius 2 is 1.65 bits per heavy atom. The molecule has 0 saturated heterocycles. The fourth-order valence-corrected chi connectivity index (χ4v) is 3.98. The predicted molar refractivity (Wildman–Crippen MR) is 93.1 cm³/mol. The third kappa shape index (κ3) is 6.49. The molecule has 10 heteroatoms. The van der Waals surface area contributed by atoms with Crippen LogP contribution in [-0.4, -0.2) is 32.3 Å². The van der Waals surface area contributed by atoms with Gasteiger partial charge in [-0.3, -0.25) is 9.52 Å². The van der Waals surface area contributed by atoms with Gasteiger partial charge in [-0.25, -0.2) is 8.42 Å². The van der Waals surface area contributed by atoms with Gasteiger partial charge in [-0.05, 0) is 43.0 Å². The second kappa shape index (κ2) is 8.26. The van der Waals surface area contributed by atoms with Gasteiger partial charge in [-0.2, -0.15) is 13.2 Å². The van der Waals surface area contributed by atoms with E-state index in [1.54, 1.807) is 0 Å². The van der Waals surface area contributed by atoms with Crippen LogP contribution in [0, 0.1) is 5.92 Å². The van der Waals surface area contributed by atoms with E-state index in [2.05, 4.69) is 5.32 Å². The minimum absolute atomic E-state index is 0.0242. The first-order valence-electron chi connectivity index (χ1n) is 8.29. The first kappa shape index (κ1) is 20.5. The van der Waals surface area contributed by atoms with E-state index < -0.39 is 28.0 Å². The van der Waals surface area contributed by atoms with E-state index >= 15 is 0 Å². The van der Waals surface area contributed by atoms with E-state index in [4.69, 9.17) is 5.73 Å². The van der Waals surface area contributed by atoms with Gasteiger partial charge in [0.1, 0.15) is 0 Å². The maximum Gasteiger partial charge on any atom is 0.404 e. The van der Waals surface area contributed by atoms with Gasteiger partial charge in [0.05, 0.1) is 6.04 Å². The second-order valence-corrected chi connectivity index (χ2v) is 8.19. The minimum Gasteiger partial charge on any atom is -0.325 e. The average molecular weight is 393 g/mol. The van der Waals surface area contributed by atoms with Gasteiger partial charge >= 0.3 is 6.18 Å². The van der Waals surface area contributed by atoms with Gasteiger partial charge in [0.25, 0.3) is 0 Å². The predicted octanol–water partition coefficient (Wildman–Crippen LogP) is 2.84. The van der Waals surface area contributed by atoms with Crippen molar-refractivity contribution in [1.82, 2.24) is 0 Å². The van der Waals surface area contributed by atoms with Crippen LogP contribution >= 0.6 is 0 Å². The molecule has 0 aromatic heterocycles. The van der Waals surface area contributed by atoms with E-state index in [1.165, 1.54) is 24.3 Å². The van der Waals surface area contributed by atoms with Crippen LogP contribution < -0.4 is 15.8 Å². The fourth-order valence-electron chi connectivity index (χ4n) is 2.99. The van der Waals surface area contributed by atoms with Crippen molar-refractivity contribution in [1.29, 1.82) is 0 Å². The molecule has 26 heavy (non-hydrogen) atoms. The molecular formula is C16H22F3N3O3S. The normalized spacial score (nSPS) is 17.5. The summed E-state index contributed by atoms with van der Waals surface area (Å²) >= 11 is 0. The fraction of sp³-hybridized carbons (Fsp3) is 0.562. The van der Waals surface area contributed by atoms with Crippen molar-refractivity contribution in [3.8, 4) is 0 Å². The van der Waals surface area contributed by atoms with E-state index in [9.17, 15) is 26.4 Å². The molecule has 1 saturated carbocycles. The van der Waals surface area contributed by atoms with Crippen LogP contribution in [0.15, 0.2) is 24.3 Å². The number of sulfonamides is 1. The van der Waals surface area contributed by atoms with Gasteiger partial charge in [0.2, 0.25) is 15.9 Å². The lowest BCUT2D eigenvalue weighted by Crippen LogP contribution is -2.42. The summed E-state index contributed by atoms with van der Waals surface area (Å²) in [7, 11) is -4.54. The van der Waals surface area contributed by atoms with Crippen LogP contribution in [0.25, 0.3) is 0 Å². The highest BCUT2D eigenvalue weighted by Crippen LogP contribution is 2.26. The van der Waals surface area contributed by atoms with Crippen LogP contribution in [0.5, 0.6) is 0 Å². The van der Waals surface area contributed by atoms with Crippen molar-refractivity contribution in [2.24, 2.45) is 11.7 Å². The van der Waals surface area contributed by atoms with Crippen molar-refractivity contribution in [3.05, 3.63) is 24.3 Å². The van der Waals surface area contributed by atoms with Crippen LogP contribution in [0.4, 0.5) is 24.5 Å². The van der Waals surface area contributed by atoms with Crippen molar-refractivity contribution in [2.75, 3.05) is 15.8 Å². The zero-order valence-corrected chi connectivity index (χ0v) is 14.9. The SMILES string of the molecule is NC(C(=O)Nc1ccc(NS(=O)(=O)CC(F)(F)F)cc1)C1CCCCC1. The van der Waals surface area contributed by atoms with E-state index in [0.29, 0.717) is 5.69 Å². The summed E-state index contributed by atoms with van der Waals surface area (Å²) in [5.41, 5.74) is 6.37. The van der Waals surface area contributed by atoms with Crippen LogP contribution in [0.2, 0.25) is 0 Å². The number of nitrogens with one attached hydrogen (secondary N) is 2. The third-order valence-electron chi connectivity index (χ3n) is 4.24. The first-order valence-corrected chi connectivity index (χ1v) is 9.95. The lowest BCUT2D eigenvalue weighted by atomic mass is 9.84. The number of rotatable bonds is 6. The largest absolute Gasteiger partial charge is 0.404 e. The van der Waals surface area contributed by atoms with Crippen LogP contribution in [-0.2, 0) is 14.8 Å². The molecule has 1 aromatic rings. The molecule has 1 atom stereocenters. The molecule has 1 amide bonds. The van der Waals surface area contributed by atoms with Gasteiger partial charge in [-0.1, -0.05) is 19.3 Å². The van der Waals surface area contributed by atoms with E-state index in [1.807, 2.05) is 4.72 Å². The Hall–Kier alpha value is -1.81. The Morgan fingerprint density at radius 3 is 2.19 bits per heavy atom. The topological polar surface area (TPSA) is 101 Å². The van der Waals surface area contributed by atoms with Crippen LogP contribution in [0.1, 0.15) is 32.1 Å². The molecule has 0 aliphatic heterocycles. The molecule has 1 aromatic carbocycles. The summed E-state index contributed by atoms with van der Waals surface area (Å²) in [6, 6.07) is 4.72. The minimum atomic E-state index is -4.82. The summed E-state index contributed by atoms with van der Waals surface area (Å²) in [6.07, 6.45) is 0.255. The number of carbonyl (C=O) groups excluding carboxylic acids is 1. The first-order chi connectivity index (χ1) is 12.1. The molecule has 2 rings (SSSR count). The molecule has 0 bridgehead atoms. The Labute approximate surface area is 150 Å². The number of amides is 1. The number of carbonyl (C=O) groups is 1. The quantitative estimate of drug-likeness (QED) is 0.692. The number of benzene rings is 1. The maximum absolute atomic E-state index is 12.2. The molecule has 6 nitrogen and oxygen atoms in total. The van der Waals surface area contributed by atoms with Crippen molar-refractivity contribution in [3.63, 3.8) is 0 Å². The highest BCUT2D eigenvalue weighted by molar-refractivity contribution is 7.92. The Balaban J connectivity index is 1.93. The zero-order chi connectivity index (χ0) is 19.4. The Morgan fingerprint density at radius 1 is 1.12 bits per heavy atom. The van der Waals surface area contributed by atoms with Gasteiger partial charge in [-0.15, -0.1) is 0 Å². The number of nitrogens with two attached hydrogens (primary N) is 1. The molecule has 1 fully saturated rings. The monoisotopic (exact) mass is 393 g/mol. The number of hydrogen-bond donors (Lipinski definition) is 3. The lowest BCUT2D eigenvalue weighted by molar-refractivity contribution is -0.118. The number of alkyl halides is 3. The third-order valence-corrected chi connectivity index (χ3v) is 5.49. The molecule has 1 unspecified atom stereocenters. The highest BCUT2D eigenvalue weighted by Gasteiger charge is 2.35. The molecule has 0 spiro atoms. The summed E-state index contributed by atoms with van der Waals surface area (Å²) in [6.45, 7) is 0. The number of anilines is 2. The van der Waals surface area contributed by atoms with Crippen molar-refractivity contribution >= 4 is 27.3 Å². The van der Waals surface area contributed by atoms with Gasteiger partial charge in [0, 0.05) is 11.4 Å². The molecule has 0 radical (unpaired) electrons. The molecule has 146 valence electrons. The molecule has 1 aliphatic rings. The van der Waals surface area contributed by atoms with E-state index in [-0.39, 0.29) is 17.5 Å². The smallest absolute Gasteiger partial charge is 0.325 e. The summed E-state index contributed by atoms with van der Waals surface area (Å²) < 4.78 is 61.3. The van der Waals surface area contributed by atoms with Gasteiger partial charge < -0.3 is 11.1 Å². The zero-order valence-electron chi connectivity index (χ0n) is 14.1. The Bertz CT molecular complexity index is 714. The highest BCUT2D eigenvalue weighted by atomic mass is 32.2. The Kier molecular flexibility index (Phi) is 6.51. The standard InChI is InChI=1S/C16H22F3N3O3S/c17-16(18,19)10-26(24,25)22-13-8-6-12(7-9-13)21-15(23)14(20)11-4-2-1-3-5-11/h6-9,11,14,22H,1-5,10,20H2,(H,21,23). The van der Waals surface area contributed by atoms with Gasteiger partial charge in [0.15, 0.2) is 5.75 Å². The molecule has 4 N–H and O–H groups in total. The molecule has 0 heterocycles. The summed E-state index contributed by atoms with van der Waals surface area (Å²) in [4.78, 5) is 12.2. The maximum atomic E-state index is 12.2. The molecule has 1 aliphatic carbocycles. The van der Waals surface area contributed by atoms with E-state index in [0.717, 1.165) is 32.1 Å². The summed E-state index contributed by atoms with van der Waals surface area (Å²) in [5.74, 6) is -2.16.